The van der Waals surface area contributed by atoms with Crippen molar-refractivity contribution in [3.05, 3.63) is 99.1 Å². The maximum atomic E-state index is 12.7. The number of hydrogen-bond acceptors (Lipinski definition) is 6. The average Bonchev–Trinajstić information content (AvgIpc) is 2.91. The van der Waals surface area contributed by atoms with E-state index in [0.717, 1.165) is 29.9 Å². The predicted octanol–water partition coefficient (Wildman–Crippen LogP) is 6.38. The third-order valence-electron chi connectivity index (χ3n) is 6.30. The van der Waals surface area contributed by atoms with Crippen molar-refractivity contribution in [1.29, 1.82) is 0 Å². The minimum absolute atomic E-state index is 0.0794. The molecule has 0 atom stereocenters. The number of methoxy groups -OCH3 is 1. The van der Waals surface area contributed by atoms with Gasteiger partial charge in [0.1, 0.15) is 12.4 Å². The fourth-order valence-corrected chi connectivity index (χ4v) is 4.32. The Labute approximate surface area is 211 Å². The summed E-state index contributed by atoms with van der Waals surface area (Å²) in [5.41, 5.74) is 4.08. The third kappa shape index (κ3) is 6.10. The van der Waals surface area contributed by atoms with Gasteiger partial charge in [-0.05, 0) is 85.9 Å². The van der Waals surface area contributed by atoms with Crippen LogP contribution in [-0.2, 0) is 6.61 Å². The zero-order valence-corrected chi connectivity index (χ0v) is 20.6. The number of nitro benzene ring substituents is 1. The Kier molecular flexibility index (Phi) is 8.00. The molecule has 0 unspecified atom stereocenters. The molecule has 0 saturated carbocycles. The molecule has 7 nitrogen and oxygen atoms in total. The standard InChI is InChI=1S/C29H30N2O5/c1-21-6-13-26(31(33)34)29(18-21)36-20-24-19-22(8-15-28(24)35-2)7-14-27(32)23-9-11-25(12-10-23)30-16-4-3-5-17-30/h6-15,18-19H,3-5,16-17,20H2,1-2H3/b14-7+. The lowest BCUT2D eigenvalue weighted by Crippen LogP contribution is -2.29. The van der Waals surface area contributed by atoms with Crippen molar-refractivity contribution >= 4 is 23.2 Å². The van der Waals surface area contributed by atoms with E-state index in [1.807, 2.05) is 43.3 Å². The van der Waals surface area contributed by atoms with Crippen molar-refractivity contribution in [2.24, 2.45) is 0 Å². The molecule has 36 heavy (non-hydrogen) atoms. The average molecular weight is 487 g/mol. The number of carbonyl (C=O) groups excluding carboxylic acids is 1. The normalized spacial score (nSPS) is 13.6. The van der Waals surface area contributed by atoms with Crippen LogP contribution in [0.2, 0.25) is 0 Å². The SMILES string of the molecule is COc1ccc(/C=C/C(=O)c2ccc(N3CCCCC3)cc2)cc1COc1cc(C)ccc1[N+](=O)[O-]. The molecule has 0 bridgehead atoms. The van der Waals surface area contributed by atoms with Crippen LogP contribution in [0.15, 0.2) is 66.7 Å². The fourth-order valence-electron chi connectivity index (χ4n) is 4.32. The summed E-state index contributed by atoms with van der Waals surface area (Å²) in [5.74, 6) is 0.720. The predicted molar refractivity (Wildman–Crippen MR) is 141 cm³/mol. The van der Waals surface area contributed by atoms with Crippen LogP contribution in [0.5, 0.6) is 11.5 Å². The van der Waals surface area contributed by atoms with Gasteiger partial charge in [0.2, 0.25) is 0 Å². The highest BCUT2D eigenvalue weighted by molar-refractivity contribution is 6.07. The molecule has 1 aliphatic heterocycles. The number of ketones is 1. The number of aryl methyl sites for hydroxylation is 1. The van der Waals surface area contributed by atoms with Crippen LogP contribution in [0.4, 0.5) is 11.4 Å². The van der Waals surface area contributed by atoms with Gasteiger partial charge in [-0.15, -0.1) is 0 Å². The summed E-state index contributed by atoms with van der Waals surface area (Å²) in [6.45, 7) is 4.06. The third-order valence-corrected chi connectivity index (χ3v) is 6.30. The number of anilines is 1. The number of ether oxygens (including phenoxy) is 2. The van der Waals surface area contributed by atoms with Crippen molar-refractivity contribution in [3.8, 4) is 11.5 Å². The lowest BCUT2D eigenvalue weighted by molar-refractivity contribution is -0.386. The molecule has 1 heterocycles. The van der Waals surface area contributed by atoms with E-state index in [0.29, 0.717) is 16.9 Å². The lowest BCUT2D eigenvalue weighted by Gasteiger charge is -2.28. The minimum Gasteiger partial charge on any atom is -0.496 e. The molecule has 4 rings (SSSR count). The monoisotopic (exact) mass is 486 g/mol. The van der Waals surface area contributed by atoms with Gasteiger partial charge in [0.15, 0.2) is 11.5 Å². The van der Waals surface area contributed by atoms with Gasteiger partial charge in [-0.1, -0.05) is 18.2 Å². The Hall–Kier alpha value is -4.13. The van der Waals surface area contributed by atoms with E-state index in [1.54, 1.807) is 37.5 Å². The molecule has 0 amide bonds. The molecule has 186 valence electrons. The maximum Gasteiger partial charge on any atom is 0.310 e. The first kappa shape index (κ1) is 25.0. The first-order valence-corrected chi connectivity index (χ1v) is 12.1. The molecule has 0 spiro atoms. The number of benzene rings is 3. The van der Waals surface area contributed by atoms with Gasteiger partial charge in [0.05, 0.1) is 12.0 Å². The number of nitrogens with zero attached hydrogens (tertiary/aromatic N) is 2. The second kappa shape index (κ2) is 11.5. The first-order chi connectivity index (χ1) is 17.4. The van der Waals surface area contributed by atoms with Crippen LogP contribution >= 0.6 is 0 Å². The molecule has 7 heteroatoms. The number of allylic oxidation sites excluding steroid dienone is 1. The number of nitro groups is 1. The number of rotatable bonds is 9. The van der Waals surface area contributed by atoms with E-state index in [-0.39, 0.29) is 23.8 Å². The zero-order chi connectivity index (χ0) is 25.5. The summed E-state index contributed by atoms with van der Waals surface area (Å²) in [5, 5.41) is 11.3. The van der Waals surface area contributed by atoms with Gasteiger partial charge >= 0.3 is 5.69 Å². The van der Waals surface area contributed by atoms with Gasteiger partial charge in [-0.25, -0.2) is 0 Å². The molecule has 1 aliphatic rings. The maximum absolute atomic E-state index is 12.7. The Morgan fingerprint density at radius 1 is 1.00 bits per heavy atom. The summed E-state index contributed by atoms with van der Waals surface area (Å²) in [7, 11) is 1.56. The number of piperidine rings is 1. The van der Waals surface area contributed by atoms with Gasteiger partial charge in [0.25, 0.3) is 0 Å². The van der Waals surface area contributed by atoms with Crippen molar-refractivity contribution in [2.75, 3.05) is 25.1 Å². The molecular formula is C29H30N2O5. The van der Waals surface area contributed by atoms with Gasteiger partial charge in [-0.3, -0.25) is 14.9 Å². The first-order valence-electron chi connectivity index (χ1n) is 12.1. The van der Waals surface area contributed by atoms with Crippen LogP contribution in [0.3, 0.4) is 0 Å². The molecule has 1 fully saturated rings. The van der Waals surface area contributed by atoms with E-state index in [1.165, 1.54) is 25.3 Å². The molecule has 0 radical (unpaired) electrons. The summed E-state index contributed by atoms with van der Waals surface area (Å²) >= 11 is 0. The van der Waals surface area contributed by atoms with Gasteiger partial charge in [-0.2, -0.15) is 0 Å². The smallest absolute Gasteiger partial charge is 0.310 e. The van der Waals surface area contributed by atoms with Crippen molar-refractivity contribution in [1.82, 2.24) is 0 Å². The summed E-state index contributed by atoms with van der Waals surface area (Å²) in [6, 6.07) is 18.0. The molecular weight excluding hydrogens is 456 g/mol. The topological polar surface area (TPSA) is 81.9 Å². The quantitative estimate of drug-likeness (QED) is 0.151. The Bertz CT molecular complexity index is 1260. The molecule has 0 aromatic heterocycles. The zero-order valence-electron chi connectivity index (χ0n) is 20.6. The minimum atomic E-state index is -0.462. The van der Waals surface area contributed by atoms with E-state index in [2.05, 4.69) is 4.90 Å². The van der Waals surface area contributed by atoms with Crippen molar-refractivity contribution in [3.63, 3.8) is 0 Å². The highest BCUT2D eigenvalue weighted by Gasteiger charge is 2.16. The Morgan fingerprint density at radius 2 is 1.75 bits per heavy atom. The van der Waals surface area contributed by atoms with E-state index in [4.69, 9.17) is 9.47 Å². The van der Waals surface area contributed by atoms with Crippen molar-refractivity contribution < 1.29 is 19.2 Å². The van der Waals surface area contributed by atoms with E-state index in [9.17, 15) is 14.9 Å². The molecule has 0 aliphatic carbocycles. The highest BCUT2D eigenvalue weighted by Crippen LogP contribution is 2.30. The number of hydrogen-bond donors (Lipinski definition) is 0. The van der Waals surface area contributed by atoms with Crippen LogP contribution in [0.25, 0.3) is 6.08 Å². The lowest BCUT2D eigenvalue weighted by atomic mass is 10.1. The van der Waals surface area contributed by atoms with Gasteiger partial charge < -0.3 is 14.4 Å². The Balaban J connectivity index is 1.46. The van der Waals surface area contributed by atoms with Crippen molar-refractivity contribution in [2.45, 2.75) is 32.8 Å². The summed E-state index contributed by atoms with van der Waals surface area (Å²) in [4.78, 5) is 26.0. The van der Waals surface area contributed by atoms with Crippen LogP contribution in [-0.4, -0.2) is 30.9 Å². The van der Waals surface area contributed by atoms with Gasteiger partial charge in [0, 0.05) is 36.0 Å². The fraction of sp³-hybridized carbons (Fsp3) is 0.276. The molecule has 1 saturated heterocycles. The van der Waals surface area contributed by atoms with E-state index >= 15 is 0 Å². The summed E-state index contributed by atoms with van der Waals surface area (Å²) < 4.78 is 11.2. The molecule has 3 aromatic carbocycles. The van der Waals surface area contributed by atoms with Crippen LogP contribution in [0, 0.1) is 17.0 Å². The Morgan fingerprint density at radius 3 is 2.44 bits per heavy atom. The van der Waals surface area contributed by atoms with E-state index < -0.39 is 4.92 Å². The van der Waals surface area contributed by atoms with Crippen LogP contribution in [0.1, 0.15) is 46.3 Å². The summed E-state index contributed by atoms with van der Waals surface area (Å²) in [6.07, 6.45) is 7.00. The number of carbonyl (C=O) groups is 1. The second-order valence-corrected chi connectivity index (χ2v) is 8.88. The molecule has 3 aromatic rings. The molecule has 0 N–H and O–H groups in total. The van der Waals surface area contributed by atoms with Crippen LogP contribution < -0.4 is 14.4 Å². The highest BCUT2D eigenvalue weighted by atomic mass is 16.6. The largest absolute Gasteiger partial charge is 0.496 e. The second-order valence-electron chi connectivity index (χ2n) is 8.88.